The van der Waals surface area contributed by atoms with Crippen molar-refractivity contribution < 1.29 is 12.6 Å². The minimum atomic E-state index is -1.19. The second-order valence-corrected chi connectivity index (χ2v) is 7.36. The number of nitrogens with zero attached hydrogens (tertiary/aromatic N) is 1. The van der Waals surface area contributed by atoms with E-state index in [4.69, 9.17) is 25.9 Å². The van der Waals surface area contributed by atoms with Crippen LogP contribution < -0.4 is 10.6 Å². The van der Waals surface area contributed by atoms with Crippen LogP contribution in [0.5, 0.6) is 0 Å². The molecule has 0 aliphatic rings. The van der Waals surface area contributed by atoms with Crippen molar-refractivity contribution >= 4 is 34.9 Å². The van der Waals surface area contributed by atoms with E-state index in [9.17, 15) is 9.90 Å². The number of aliphatic hydroxyl groups is 1. The van der Waals surface area contributed by atoms with Crippen molar-refractivity contribution in [3.8, 4) is 11.1 Å². The predicted molar refractivity (Wildman–Crippen MR) is 117 cm³/mol. The lowest BCUT2D eigenvalue weighted by molar-refractivity contribution is 0.0912. The lowest BCUT2D eigenvalue weighted by Gasteiger charge is -2.16. The van der Waals surface area contributed by atoms with Gasteiger partial charge in [-0.2, -0.15) is 0 Å². The van der Waals surface area contributed by atoms with Gasteiger partial charge in [-0.15, -0.1) is 0 Å². The molecule has 2 aromatic heterocycles. The monoisotopic (exact) mass is 434 g/mol. The van der Waals surface area contributed by atoms with Crippen LogP contribution >= 0.6 is 23.2 Å². The number of aliphatic hydroxyl groups excluding tert-OH is 1. The summed E-state index contributed by atoms with van der Waals surface area (Å²) >= 11 is 12.3. The van der Waals surface area contributed by atoms with Crippen molar-refractivity contribution in [2.75, 3.05) is 11.9 Å². The maximum absolute atomic E-state index is 12.7. The van der Waals surface area contributed by atoms with Crippen LogP contribution in [-0.2, 0) is 0 Å². The highest BCUT2D eigenvalue weighted by atomic mass is 35.5. The predicted octanol–water partition coefficient (Wildman–Crippen LogP) is 4.67. The van der Waals surface area contributed by atoms with Crippen molar-refractivity contribution in [2.45, 2.75) is 25.9 Å². The van der Waals surface area contributed by atoms with Gasteiger partial charge in [0.25, 0.3) is 5.91 Å². The van der Waals surface area contributed by atoms with Crippen LogP contribution in [0.2, 0.25) is 10.0 Å². The number of hydrogen-bond acceptors (Lipinski definition) is 4. The highest BCUT2D eigenvalue weighted by Gasteiger charge is 2.18. The van der Waals surface area contributed by atoms with E-state index in [0.29, 0.717) is 32.6 Å². The molecular weight excluding hydrogens is 411 g/mol. The lowest BCUT2D eigenvalue weighted by atomic mass is 10.1. The van der Waals surface area contributed by atoms with Gasteiger partial charge in [-0.1, -0.05) is 35.3 Å². The fraction of sp³-hybridized carbons (Fsp3) is 0.238. The minimum absolute atomic E-state index is 0.153. The third-order valence-corrected chi connectivity index (χ3v) is 4.71. The molecule has 152 valence electrons. The second kappa shape index (κ2) is 9.31. The summed E-state index contributed by atoms with van der Waals surface area (Å²) in [5, 5.41) is 16.2. The summed E-state index contributed by atoms with van der Waals surface area (Å²) in [5.74, 6) is -0.000561. The van der Waals surface area contributed by atoms with Crippen LogP contribution in [-0.4, -0.2) is 33.6 Å². The molecule has 29 heavy (non-hydrogen) atoms. The number of pyridine rings is 1. The molecule has 0 saturated carbocycles. The summed E-state index contributed by atoms with van der Waals surface area (Å²) < 4.78 is 15.4. The molecule has 8 heteroatoms. The molecule has 0 bridgehead atoms. The van der Waals surface area contributed by atoms with E-state index in [1.54, 1.807) is 49.5 Å². The summed E-state index contributed by atoms with van der Waals surface area (Å²) in [7, 11) is 0. The Kier molecular flexibility index (Phi) is 5.93. The summed E-state index contributed by atoms with van der Waals surface area (Å²) in [6.07, 6.45) is 3.09. The Labute approximate surface area is 182 Å². The Morgan fingerprint density at radius 1 is 1.38 bits per heavy atom. The van der Waals surface area contributed by atoms with Crippen LogP contribution in [0.4, 0.5) is 5.82 Å². The van der Waals surface area contributed by atoms with E-state index in [2.05, 4.69) is 20.6 Å². The van der Waals surface area contributed by atoms with Crippen molar-refractivity contribution in [1.29, 1.82) is 0 Å². The molecule has 1 aromatic carbocycles. The van der Waals surface area contributed by atoms with Crippen LogP contribution in [0.25, 0.3) is 11.1 Å². The first-order valence-electron chi connectivity index (χ1n) is 10.0. The first-order valence-corrected chi connectivity index (χ1v) is 9.57. The second-order valence-electron chi connectivity index (χ2n) is 6.52. The molecular formula is C21H22Cl2N4O2. The summed E-state index contributed by atoms with van der Waals surface area (Å²) in [5.41, 5.74) is 2.25. The van der Waals surface area contributed by atoms with Gasteiger partial charge in [-0.25, -0.2) is 4.98 Å². The molecule has 6 nitrogen and oxygen atoms in total. The Hall–Kier alpha value is -2.54. The van der Waals surface area contributed by atoms with Crippen LogP contribution in [0.3, 0.4) is 0 Å². The number of carbonyl (C=O) groups is 1. The summed E-state index contributed by atoms with van der Waals surface area (Å²) in [4.78, 5) is 19.8. The Morgan fingerprint density at radius 3 is 2.93 bits per heavy atom. The van der Waals surface area contributed by atoms with E-state index in [0.717, 1.165) is 0 Å². The number of benzene rings is 1. The fourth-order valence-corrected chi connectivity index (χ4v) is 3.23. The standard InChI is InChI=1S/C21H22Cl2N4O2/c1-12(2)26-20-8-16(17(23)10-25-20)14-7-18(24-9-14)21(29)27-19(11-28)13-4-3-5-15(22)6-13/h3-10,12,19,24,28H,11H2,1-2H3,(H,25,26)(H,27,29)/t19-/m1/s1/i1D,12D/t12?,19-. The van der Waals surface area contributed by atoms with Gasteiger partial charge in [-0.3, -0.25) is 4.79 Å². The molecule has 2 heterocycles. The largest absolute Gasteiger partial charge is 0.394 e. The molecule has 0 aliphatic carbocycles. The normalized spacial score (nSPS) is 15.0. The maximum atomic E-state index is 12.7. The minimum Gasteiger partial charge on any atom is -0.394 e. The van der Waals surface area contributed by atoms with E-state index >= 15 is 0 Å². The molecule has 0 radical (unpaired) electrons. The molecule has 4 N–H and O–H groups in total. The van der Waals surface area contributed by atoms with E-state index in [-0.39, 0.29) is 19.2 Å². The molecule has 3 aromatic rings. The molecule has 0 saturated heterocycles. The number of amides is 1. The number of halogens is 2. The van der Waals surface area contributed by atoms with Gasteiger partial charge < -0.3 is 20.7 Å². The molecule has 0 fully saturated rings. The zero-order valence-corrected chi connectivity index (χ0v) is 17.2. The van der Waals surface area contributed by atoms with Gasteiger partial charge in [-0.05, 0) is 43.7 Å². The highest BCUT2D eigenvalue weighted by molar-refractivity contribution is 6.33. The Balaban J connectivity index is 1.80. The van der Waals surface area contributed by atoms with Crippen molar-refractivity contribution in [3.05, 3.63) is 70.1 Å². The zero-order chi connectivity index (χ0) is 22.6. The van der Waals surface area contributed by atoms with Gasteiger partial charge in [0, 0.05) is 35.9 Å². The van der Waals surface area contributed by atoms with Gasteiger partial charge >= 0.3 is 0 Å². The lowest BCUT2D eigenvalue weighted by Crippen LogP contribution is -2.31. The van der Waals surface area contributed by atoms with Crippen LogP contribution in [0.15, 0.2) is 48.8 Å². The van der Waals surface area contributed by atoms with Crippen molar-refractivity contribution in [2.24, 2.45) is 0 Å². The smallest absolute Gasteiger partial charge is 0.268 e. The molecule has 3 rings (SSSR count). The average molecular weight is 435 g/mol. The molecule has 1 amide bonds. The molecule has 0 aliphatic heterocycles. The first-order chi connectivity index (χ1) is 14.7. The highest BCUT2D eigenvalue weighted by Crippen LogP contribution is 2.30. The number of carbonyl (C=O) groups excluding carboxylic acids is 1. The van der Waals surface area contributed by atoms with Crippen molar-refractivity contribution in [1.82, 2.24) is 15.3 Å². The fourth-order valence-electron chi connectivity index (χ4n) is 2.82. The van der Waals surface area contributed by atoms with E-state index < -0.39 is 18.0 Å². The number of rotatable bonds is 7. The van der Waals surface area contributed by atoms with Crippen LogP contribution in [0, 0.1) is 0 Å². The van der Waals surface area contributed by atoms with Gasteiger partial charge in [0.15, 0.2) is 0 Å². The third-order valence-electron chi connectivity index (χ3n) is 4.17. The van der Waals surface area contributed by atoms with E-state index in [1.165, 1.54) is 6.20 Å². The number of aromatic nitrogens is 2. The third kappa shape index (κ3) is 5.29. The first kappa shape index (κ1) is 18.5. The summed E-state index contributed by atoms with van der Waals surface area (Å²) in [6.45, 7) is 1.14. The quantitative estimate of drug-likeness (QED) is 0.434. The molecule has 1 unspecified atom stereocenters. The zero-order valence-electron chi connectivity index (χ0n) is 17.7. The maximum Gasteiger partial charge on any atom is 0.268 e. The number of hydrogen-bond donors (Lipinski definition) is 4. The number of aromatic amines is 1. The Morgan fingerprint density at radius 2 is 2.21 bits per heavy atom. The number of H-pyrrole nitrogens is 1. The van der Waals surface area contributed by atoms with Gasteiger partial charge in [0.2, 0.25) is 0 Å². The van der Waals surface area contributed by atoms with Crippen LogP contribution in [0.1, 0.15) is 38.7 Å². The average Bonchev–Trinajstić information content (AvgIpc) is 3.23. The molecule has 2 atom stereocenters. The number of nitrogens with one attached hydrogen (secondary N) is 3. The SMILES string of the molecule is [2H]CC([2H])(C)Nc1cc(-c2c[nH]c(C(=O)N[C@H](CO)c3cccc(Cl)c3)c2)c(Cl)cn1. The summed E-state index contributed by atoms with van der Waals surface area (Å²) in [6, 6.07) is 8.42. The Bertz CT molecular complexity index is 1080. The van der Waals surface area contributed by atoms with Gasteiger partial charge in [0.05, 0.1) is 19.0 Å². The topological polar surface area (TPSA) is 90.0 Å². The number of anilines is 1. The van der Waals surface area contributed by atoms with Gasteiger partial charge in [0.1, 0.15) is 11.5 Å². The van der Waals surface area contributed by atoms with E-state index in [1.807, 2.05) is 0 Å². The molecule has 0 spiro atoms. The van der Waals surface area contributed by atoms with Crippen molar-refractivity contribution in [3.63, 3.8) is 0 Å².